The normalized spacial score (nSPS) is 29.4. The fourth-order valence-corrected chi connectivity index (χ4v) is 3.73. The highest BCUT2D eigenvalue weighted by Gasteiger charge is 2.48. The summed E-state index contributed by atoms with van der Waals surface area (Å²) in [6, 6.07) is 4.82. The summed E-state index contributed by atoms with van der Waals surface area (Å²) in [6.07, 6.45) is 2.86. The molecule has 0 heterocycles. The predicted octanol–water partition coefficient (Wildman–Crippen LogP) is 3.54. The number of halogens is 2. The first kappa shape index (κ1) is 15.7. The van der Waals surface area contributed by atoms with Gasteiger partial charge in [0.05, 0.1) is 11.1 Å². The van der Waals surface area contributed by atoms with Crippen molar-refractivity contribution in [3.63, 3.8) is 0 Å². The van der Waals surface area contributed by atoms with E-state index in [1.165, 1.54) is 6.07 Å². The van der Waals surface area contributed by atoms with Crippen molar-refractivity contribution < 1.29 is 9.50 Å². The zero-order valence-corrected chi connectivity index (χ0v) is 12.9. The molecule has 0 aromatic heterocycles. The minimum absolute atomic E-state index is 0.149. The van der Waals surface area contributed by atoms with Gasteiger partial charge < -0.3 is 10.8 Å². The Morgan fingerprint density at radius 1 is 1.40 bits per heavy atom. The summed E-state index contributed by atoms with van der Waals surface area (Å²) < 4.78 is 13.6. The van der Waals surface area contributed by atoms with Gasteiger partial charge in [-0.2, -0.15) is 0 Å². The van der Waals surface area contributed by atoms with Crippen molar-refractivity contribution >= 4 is 11.6 Å². The second-order valence-corrected chi connectivity index (χ2v) is 7.08. The van der Waals surface area contributed by atoms with Crippen LogP contribution in [0, 0.1) is 16.6 Å². The van der Waals surface area contributed by atoms with E-state index in [1.54, 1.807) is 6.07 Å². The molecule has 1 fully saturated rings. The van der Waals surface area contributed by atoms with Crippen LogP contribution in [0.2, 0.25) is 5.02 Å². The number of hydrogen-bond acceptors (Lipinski definition) is 2. The Morgan fingerprint density at radius 3 is 2.75 bits per heavy atom. The van der Waals surface area contributed by atoms with Gasteiger partial charge in [0.1, 0.15) is 5.82 Å². The maximum Gasteiger partial charge on any atom is 0.142 e. The van der Waals surface area contributed by atoms with Gasteiger partial charge in [0.2, 0.25) is 0 Å². The highest BCUT2D eigenvalue weighted by atomic mass is 35.5. The van der Waals surface area contributed by atoms with Crippen molar-refractivity contribution in [3.8, 4) is 0 Å². The molecule has 0 radical (unpaired) electrons. The van der Waals surface area contributed by atoms with E-state index in [4.69, 9.17) is 17.3 Å². The topological polar surface area (TPSA) is 46.2 Å². The van der Waals surface area contributed by atoms with Gasteiger partial charge in [0.25, 0.3) is 0 Å². The standard InChI is InChI=1S/C16H23ClFNO/c1-15(2)7-4-8-16(10-19,14(15)20)9-11-5-3-6-12(18)13(11)17/h3,5-6,14,20H,4,7-10,19H2,1-2H3. The van der Waals surface area contributed by atoms with Crippen LogP contribution in [-0.2, 0) is 6.42 Å². The van der Waals surface area contributed by atoms with Gasteiger partial charge in [-0.25, -0.2) is 4.39 Å². The molecule has 1 aliphatic rings. The van der Waals surface area contributed by atoms with Gasteiger partial charge in [-0.15, -0.1) is 0 Å². The molecule has 0 aliphatic heterocycles. The van der Waals surface area contributed by atoms with Crippen LogP contribution in [0.25, 0.3) is 0 Å². The lowest BCUT2D eigenvalue weighted by Crippen LogP contribution is -2.53. The zero-order valence-electron chi connectivity index (χ0n) is 12.1. The molecule has 0 bridgehead atoms. The molecule has 3 N–H and O–H groups in total. The van der Waals surface area contributed by atoms with Crippen molar-refractivity contribution in [2.45, 2.75) is 45.6 Å². The number of aliphatic hydroxyl groups excluding tert-OH is 1. The smallest absolute Gasteiger partial charge is 0.142 e. The Morgan fingerprint density at radius 2 is 2.10 bits per heavy atom. The van der Waals surface area contributed by atoms with Crippen LogP contribution in [0.4, 0.5) is 4.39 Å². The summed E-state index contributed by atoms with van der Waals surface area (Å²) in [5.74, 6) is -0.416. The van der Waals surface area contributed by atoms with E-state index in [1.807, 2.05) is 6.07 Å². The molecular weight excluding hydrogens is 277 g/mol. The first-order valence-electron chi connectivity index (χ1n) is 7.13. The number of nitrogens with two attached hydrogens (primary N) is 1. The fourth-order valence-electron chi connectivity index (χ4n) is 3.53. The molecule has 2 rings (SSSR count). The second-order valence-electron chi connectivity index (χ2n) is 6.70. The van der Waals surface area contributed by atoms with Crippen LogP contribution in [0.1, 0.15) is 38.7 Å². The third-order valence-electron chi connectivity index (χ3n) is 4.80. The Kier molecular flexibility index (Phi) is 4.43. The average Bonchev–Trinajstić information content (AvgIpc) is 2.40. The maximum absolute atomic E-state index is 13.6. The monoisotopic (exact) mass is 299 g/mol. The van der Waals surface area contributed by atoms with E-state index in [-0.39, 0.29) is 10.4 Å². The molecule has 0 spiro atoms. The van der Waals surface area contributed by atoms with Gasteiger partial charge in [-0.1, -0.05) is 44.0 Å². The summed E-state index contributed by atoms with van der Waals surface area (Å²) in [6.45, 7) is 4.51. The van der Waals surface area contributed by atoms with Crippen LogP contribution in [0.5, 0.6) is 0 Å². The molecule has 2 nitrogen and oxygen atoms in total. The van der Waals surface area contributed by atoms with Gasteiger partial charge >= 0.3 is 0 Å². The van der Waals surface area contributed by atoms with Crippen LogP contribution >= 0.6 is 11.6 Å². The molecule has 4 heteroatoms. The first-order chi connectivity index (χ1) is 9.32. The molecule has 1 aromatic rings. The summed E-state index contributed by atoms with van der Waals surface area (Å²) >= 11 is 6.05. The van der Waals surface area contributed by atoms with Crippen LogP contribution in [-0.4, -0.2) is 17.8 Å². The van der Waals surface area contributed by atoms with E-state index < -0.39 is 17.3 Å². The third-order valence-corrected chi connectivity index (χ3v) is 5.22. The van der Waals surface area contributed by atoms with Crippen molar-refractivity contribution in [2.24, 2.45) is 16.6 Å². The van der Waals surface area contributed by atoms with Gasteiger partial charge in [-0.3, -0.25) is 0 Å². The summed E-state index contributed by atoms with van der Waals surface area (Å²) in [4.78, 5) is 0. The van der Waals surface area contributed by atoms with Crippen molar-refractivity contribution in [1.82, 2.24) is 0 Å². The van der Waals surface area contributed by atoms with E-state index in [0.717, 1.165) is 24.8 Å². The number of hydrogen-bond donors (Lipinski definition) is 2. The number of aliphatic hydroxyl groups is 1. The van der Waals surface area contributed by atoms with Crippen molar-refractivity contribution in [1.29, 1.82) is 0 Å². The van der Waals surface area contributed by atoms with Crippen LogP contribution in [0.3, 0.4) is 0 Å². The fraction of sp³-hybridized carbons (Fsp3) is 0.625. The quantitative estimate of drug-likeness (QED) is 0.897. The van der Waals surface area contributed by atoms with Crippen LogP contribution < -0.4 is 5.73 Å². The molecule has 112 valence electrons. The largest absolute Gasteiger partial charge is 0.392 e. The Balaban J connectivity index is 2.34. The van der Waals surface area contributed by atoms with Crippen molar-refractivity contribution in [2.75, 3.05) is 6.54 Å². The lowest BCUT2D eigenvalue weighted by atomic mass is 9.59. The van der Waals surface area contributed by atoms with E-state index in [2.05, 4.69) is 13.8 Å². The molecule has 2 unspecified atom stereocenters. The Bertz CT molecular complexity index is 491. The van der Waals surface area contributed by atoms with E-state index in [0.29, 0.717) is 13.0 Å². The number of rotatable bonds is 3. The minimum Gasteiger partial charge on any atom is -0.392 e. The van der Waals surface area contributed by atoms with Crippen LogP contribution in [0.15, 0.2) is 18.2 Å². The Labute approximate surface area is 125 Å². The molecule has 1 aliphatic carbocycles. The van der Waals surface area contributed by atoms with Gasteiger partial charge in [0, 0.05) is 12.0 Å². The molecule has 1 saturated carbocycles. The lowest BCUT2D eigenvalue weighted by Gasteiger charge is -2.49. The molecule has 0 amide bonds. The zero-order chi connectivity index (χ0) is 15.0. The first-order valence-corrected chi connectivity index (χ1v) is 7.51. The predicted molar refractivity (Wildman–Crippen MR) is 80.2 cm³/mol. The lowest BCUT2D eigenvalue weighted by molar-refractivity contribution is -0.0884. The SMILES string of the molecule is CC1(C)CCCC(CN)(Cc2cccc(F)c2Cl)C1O. The van der Waals surface area contributed by atoms with Gasteiger partial charge in [-0.05, 0) is 36.3 Å². The van der Waals surface area contributed by atoms with Gasteiger partial charge in [0.15, 0.2) is 0 Å². The average molecular weight is 300 g/mol. The Hall–Kier alpha value is -0.640. The molecule has 1 aromatic carbocycles. The maximum atomic E-state index is 13.6. The highest BCUT2D eigenvalue weighted by molar-refractivity contribution is 6.31. The summed E-state index contributed by atoms with van der Waals surface area (Å²) in [7, 11) is 0. The summed E-state index contributed by atoms with van der Waals surface area (Å²) in [5.41, 5.74) is 6.13. The minimum atomic E-state index is -0.506. The molecule has 0 saturated heterocycles. The third kappa shape index (κ3) is 2.72. The number of benzene rings is 1. The summed E-state index contributed by atoms with van der Waals surface area (Å²) in [5, 5.41) is 10.9. The molecular formula is C16H23ClFNO. The van der Waals surface area contributed by atoms with Crippen molar-refractivity contribution in [3.05, 3.63) is 34.6 Å². The van der Waals surface area contributed by atoms with E-state index >= 15 is 0 Å². The molecule has 2 atom stereocenters. The second kappa shape index (κ2) is 5.63. The molecule has 20 heavy (non-hydrogen) atoms. The van der Waals surface area contributed by atoms with E-state index in [9.17, 15) is 9.50 Å². The highest BCUT2D eigenvalue weighted by Crippen LogP contribution is 2.48.